The number of halogens is 1. The Bertz CT molecular complexity index is 1230. The van der Waals surface area contributed by atoms with Gasteiger partial charge in [-0.15, -0.1) is 0 Å². The molecule has 2 amide bonds. The molecular weight excluding hydrogens is 474 g/mol. The summed E-state index contributed by atoms with van der Waals surface area (Å²) in [6.45, 7) is 3.32. The van der Waals surface area contributed by atoms with Crippen LogP contribution >= 0.6 is 11.6 Å². The van der Waals surface area contributed by atoms with Crippen LogP contribution in [0.4, 0.5) is 0 Å². The van der Waals surface area contributed by atoms with E-state index in [1.807, 2.05) is 66.4 Å². The van der Waals surface area contributed by atoms with Gasteiger partial charge < -0.3 is 10.6 Å². The van der Waals surface area contributed by atoms with Crippen molar-refractivity contribution < 1.29 is 14.3 Å². The second kappa shape index (κ2) is 10.4. The van der Waals surface area contributed by atoms with Crippen LogP contribution in [0, 0.1) is 12.8 Å². The van der Waals surface area contributed by atoms with Gasteiger partial charge in [0.1, 0.15) is 5.03 Å². The Balaban J connectivity index is 1.57. The van der Waals surface area contributed by atoms with Crippen LogP contribution in [0.5, 0.6) is 0 Å². The highest BCUT2D eigenvalue weighted by atomic mass is 35.5. The Morgan fingerprint density at radius 2 is 1.92 bits per heavy atom. The number of hydrazone groups is 1. The van der Waals surface area contributed by atoms with Gasteiger partial charge in [0.2, 0.25) is 5.84 Å². The summed E-state index contributed by atoms with van der Waals surface area (Å²) >= 11 is 6.42. The van der Waals surface area contributed by atoms with E-state index in [-0.39, 0.29) is 23.8 Å². The molecule has 2 aromatic rings. The maximum atomic E-state index is 13.9. The van der Waals surface area contributed by atoms with E-state index in [4.69, 9.17) is 22.4 Å². The molecule has 0 aromatic heterocycles. The minimum Gasteiger partial charge on any atom is -0.330 e. The number of rotatable bonds is 9. The van der Waals surface area contributed by atoms with Crippen molar-refractivity contribution in [2.24, 2.45) is 16.8 Å². The first-order valence-corrected chi connectivity index (χ1v) is 12.9. The number of amidine groups is 1. The fraction of sp³-hybridized carbons (Fsp3) is 0.357. The quantitative estimate of drug-likeness (QED) is 0.530. The fourth-order valence-electron chi connectivity index (χ4n) is 4.86. The first-order valence-electron chi connectivity index (χ1n) is 12.5. The largest absolute Gasteiger partial charge is 0.330 e. The molecule has 2 heterocycles. The number of benzene rings is 2. The Labute approximate surface area is 216 Å². The lowest BCUT2D eigenvalue weighted by atomic mass is 10.0. The van der Waals surface area contributed by atoms with Crippen molar-refractivity contribution in [2.45, 2.75) is 44.8 Å². The lowest BCUT2D eigenvalue weighted by molar-refractivity contribution is -0.544. The number of allylic oxidation sites excluding steroid dienone is 1. The van der Waals surface area contributed by atoms with Crippen molar-refractivity contribution in [1.82, 2.24) is 9.80 Å². The van der Waals surface area contributed by atoms with E-state index < -0.39 is 6.04 Å². The molecule has 1 saturated carbocycles. The molecule has 1 aliphatic carbocycles. The highest BCUT2D eigenvalue weighted by Crippen LogP contribution is 2.39. The van der Waals surface area contributed by atoms with Gasteiger partial charge in [-0.2, -0.15) is 0 Å². The Morgan fingerprint density at radius 3 is 2.58 bits per heavy atom. The van der Waals surface area contributed by atoms with E-state index in [1.54, 1.807) is 21.9 Å². The number of fused-ring (bicyclic) bond motifs is 1. The molecule has 0 saturated heterocycles. The van der Waals surface area contributed by atoms with Gasteiger partial charge in [0.25, 0.3) is 11.9 Å². The number of aryl methyl sites for hydroxylation is 1. The first-order chi connectivity index (χ1) is 17.5. The second-order valence-electron chi connectivity index (χ2n) is 9.64. The van der Waals surface area contributed by atoms with Crippen LogP contribution in [0.2, 0.25) is 0 Å². The molecule has 8 heteroatoms. The maximum Gasteiger partial charge on any atom is 0.306 e. The van der Waals surface area contributed by atoms with Crippen molar-refractivity contribution in [3.63, 3.8) is 0 Å². The van der Waals surface area contributed by atoms with Crippen molar-refractivity contribution in [1.29, 1.82) is 0 Å². The van der Waals surface area contributed by atoms with Crippen LogP contribution in [0.3, 0.4) is 0 Å². The van der Waals surface area contributed by atoms with Crippen molar-refractivity contribution in [3.05, 3.63) is 82.4 Å². The summed E-state index contributed by atoms with van der Waals surface area (Å²) in [7, 11) is 0. The van der Waals surface area contributed by atoms with E-state index in [1.165, 1.54) is 0 Å². The van der Waals surface area contributed by atoms with E-state index in [0.717, 1.165) is 24.0 Å². The number of amides is 2. The molecule has 1 unspecified atom stereocenters. The third-order valence-corrected chi connectivity index (χ3v) is 7.25. The summed E-state index contributed by atoms with van der Waals surface area (Å²) in [6, 6.07) is 16.5. The van der Waals surface area contributed by atoms with Gasteiger partial charge in [0, 0.05) is 23.3 Å². The third kappa shape index (κ3) is 4.86. The van der Waals surface area contributed by atoms with Gasteiger partial charge in [0.05, 0.1) is 12.6 Å². The smallest absolute Gasteiger partial charge is 0.306 e. The molecular formula is C28H31ClN5O2+. The molecule has 3 aliphatic rings. The van der Waals surface area contributed by atoms with Gasteiger partial charge in [-0.25, -0.2) is 0 Å². The molecule has 0 bridgehead atoms. The number of hydrogen-bond donors (Lipinski definition) is 1. The van der Waals surface area contributed by atoms with Crippen molar-refractivity contribution >= 4 is 35.5 Å². The summed E-state index contributed by atoms with van der Waals surface area (Å²) in [4.78, 5) is 31.3. The van der Waals surface area contributed by atoms with E-state index in [0.29, 0.717) is 42.5 Å². The van der Waals surface area contributed by atoms with Crippen molar-refractivity contribution in [3.8, 4) is 0 Å². The number of nitrogens with zero attached hydrogens (tertiary/aromatic N) is 4. The lowest BCUT2D eigenvalue weighted by Crippen LogP contribution is -2.59. The zero-order chi connectivity index (χ0) is 25.2. The number of carbonyl (C=O) groups excluding carboxylic acids is 2. The van der Waals surface area contributed by atoms with E-state index >= 15 is 0 Å². The summed E-state index contributed by atoms with van der Waals surface area (Å²) in [6.07, 6.45) is 6.06. The van der Waals surface area contributed by atoms with Gasteiger partial charge in [-0.3, -0.25) is 14.5 Å². The van der Waals surface area contributed by atoms with Crippen LogP contribution in [-0.4, -0.2) is 63.5 Å². The predicted molar refractivity (Wildman–Crippen MR) is 141 cm³/mol. The fourth-order valence-corrected chi connectivity index (χ4v) is 5.11. The average molecular weight is 505 g/mol. The highest BCUT2D eigenvalue weighted by Gasteiger charge is 2.52. The molecule has 2 atom stereocenters. The summed E-state index contributed by atoms with van der Waals surface area (Å²) in [5.74, 6) is 0.616. The topological polar surface area (TPSA) is 82.0 Å². The highest BCUT2D eigenvalue weighted by molar-refractivity contribution is 6.33. The lowest BCUT2D eigenvalue weighted by Gasteiger charge is -2.37. The molecule has 2 aliphatic heterocycles. The molecule has 0 radical (unpaired) electrons. The van der Waals surface area contributed by atoms with Gasteiger partial charge >= 0.3 is 5.91 Å². The summed E-state index contributed by atoms with van der Waals surface area (Å²) in [5.41, 5.74) is 8.58. The van der Waals surface area contributed by atoms with Crippen LogP contribution in [0.25, 0.3) is 0 Å². The third-order valence-electron chi connectivity index (χ3n) is 6.92. The zero-order valence-electron chi connectivity index (χ0n) is 20.4. The zero-order valence-corrected chi connectivity index (χ0v) is 21.1. The van der Waals surface area contributed by atoms with Gasteiger partial charge in [-0.05, 0) is 56.3 Å². The molecule has 186 valence electrons. The van der Waals surface area contributed by atoms with E-state index in [9.17, 15) is 9.59 Å². The van der Waals surface area contributed by atoms with E-state index in [2.05, 4.69) is 0 Å². The minimum absolute atomic E-state index is 0.0705. The molecule has 2 aromatic carbocycles. The molecule has 2 N–H and O–H groups in total. The monoisotopic (exact) mass is 504 g/mol. The Morgan fingerprint density at radius 1 is 1.19 bits per heavy atom. The number of hydrogen-bond acceptors (Lipinski definition) is 4. The average Bonchev–Trinajstić information content (AvgIpc) is 3.65. The van der Waals surface area contributed by atoms with Gasteiger partial charge in [-0.1, -0.05) is 64.3 Å². The molecule has 0 spiro atoms. The SMILES string of the molecule is Cc1ccc(C(=O)N(CCCN)[C@@H](C2=N[N+]3=CC=C(Cl)C3C(=O)N2Cc2ccccc2)C2CC2)cc1. The van der Waals surface area contributed by atoms with Crippen LogP contribution in [0.1, 0.15) is 40.7 Å². The van der Waals surface area contributed by atoms with Crippen LogP contribution in [-0.2, 0) is 11.3 Å². The maximum absolute atomic E-state index is 13.9. The summed E-state index contributed by atoms with van der Waals surface area (Å²) < 4.78 is 1.63. The van der Waals surface area contributed by atoms with Crippen LogP contribution < -0.4 is 5.73 Å². The van der Waals surface area contributed by atoms with Crippen molar-refractivity contribution in [2.75, 3.05) is 13.1 Å². The van der Waals surface area contributed by atoms with Crippen LogP contribution in [0.15, 0.2) is 70.8 Å². The summed E-state index contributed by atoms with van der Waals surface area (Å²) in [5, 5.41) is 5.38. The second-order valence-corrected chi connectivity index (χ2v) is 10.1. The molecule has 7 nitrogen and oxygen atoms in total. The first kappa shape index (κ1) is 24.4. The number of carbonyl (C=O) groups is 2. The minimum atomic E-state index is -0.663. The predicted octanol–water partition coefficient (Wildman–Crippen LogP) is 3.51. The normalized spacial score (nSPS) is 19.9. The van der Waals surface area contributed by atoms with Gasteiger partial charge in [0.15, 0.2) is 6.21 Å². The Kier molecular flexibility index (Phi) is 7.03. The Hall–Kier alpha value is -3.29. The molecule has 5 rings (SSSR count). The number of nitrogens with two attached hydrogens (primary N) is 1. The molecule has 36 heavy (non-hydrogen) atoms. The molecule has 1 fully saturated rings. The standard InChI is InChI=1S/C28H31ClN5O2/c1-19-8-10-22(11-9-19)27(35)32(16-5-15-30)24(21-12-13-21)26-31-34-17-14-23(29)25(34)28(36)33(26)18-20-6-3-2-4-7-20/h2-4,6-11,14,17,21,24-25H,5,12-13,15-16,18,30H2,1H3/q+1/t24-,25?/m1/s1.